The minimum atomic E-state index is -0.473. The summed E-state index contributed by atoms with van der Waals surface area (Å²) in [6.07, 6.45) is 0. The van der Waals surface area contributed by atoms with Crippen LogP contribution in [-0.4, -0.2) is 15.8 Å². The third kappa shape index (κ3) is 4.02. The Labute approximate surface area is 194 Å². The molecule has 3 aromatic carbocycles. The van der Waals surface area contributed by atoms with Gasteiger partial charge in [0, 0.05) is 33.3 Å². The van der Waals surface area contributed by atoms with E-state index in [2.05, 4.69) is 5.32 Å². The first kappa shape index (κ1) is 21.7. The molecule has 160 valence electrons. The predicted octanol–water partition coefficient (Wildman–Crippen LogP) is 6.99. The summed E-state index contributed by atoms with van der Waals surface area (Å²) in [6, 6.07) is 17.0. The molecule has 0 atom stereocenters. The number of hydrogen-bond acceptors (Lipinski definition) is 4. The van der Waals surface area contributed by atoms with Crippen LogP contribution in [0.15, 0.2) is 60.7 Å². The van der Waals surface area contributed by atoms with Crippen molar-refractivity contribution in [1.82, 2.24) is 4.98 Å². The number of nitrogens with one attached hydrogen (secondary N) is 1. The summed E-state index contributed by atoms with van der Waals surface area (Å²) in [5.41, 5.74) is 3.67. The predicted molar refractivity (Wildman–Crippen MR) is 128 cm³/mol. The van der Waals surface area contributed by atoms with Crippen molar-refractivity contribution >= 4 is 51.4 Å². The monoisotopic (exact) mass is 465 g/mol. The molecule has 0 fully saturated rings. The number of anilines is 1. The minimum absolute atomic E-state index is 0.0623. The molecule has 0 aliphatic carbocycles. The average molecular weight is 466 g/mol. The molecule has 0 radical (unpaired) electrons. The number of hydrogen-bond donors (Lipinski definition) is 1. The lowest BCUT2D eigenvalue weighted by molar-refractivity contribution is -0.385. The van der Waals surface area contributed by atoms with Crippen LogP contribution in [0.4, 0.5) is 11.4 Å². The molecule has 4 aromatic rings. The highest BCUT2D eigenvalue weighted by molar-refractivity contribution is 6.36. The molecule has 6 nitrogen and oxygen atoms in total. The van der Waals surface area contributed by atoms with Gasteiger partial charge >= 0.3 is 0 Å². The zero-order valence-electron chi connectivity index (χ0n) is 17.1. The molecule has 32 heavy (non-hydrogen) atoms. The van der Waals surface area contributed by atoms with Crippen LogP contribution in [0.3, 0.4) is 0 Å². The van der Waals surface area contributed by atoms with Gasteiger partial charge in [-0.15, -0.1) is 0 Å². The fourth-order valence-corrected chi connectivity index (χ4v) is 4.12. The molecular weight excluding hydrogens is 449 g/mol. The van der Waals surface area contributed by atoms with Crippen molar-refractivity contribution < 1.29 is 9.72 Å². The summed E-state index contributed by atoms with van der Waals surface area (Å²) in [5, 5.41) is 15.7. The van der Waals surface area contributed by atoms with Crippen LogP contribution in [0.5, 0.6) is 0 Å². The van der Waals surface area contributed by atoms with Gasteiger partial charge in [0.25, 0.3) is 11.6 Å². The van der Waals surface area contributed by atoms with Gasteiger partial charge < -0.3 is 5.32 Å². The molecule has 4 rings (SSSR count). The number of carbonyl (C=O) groups is 1. The van der Waals surface area contributed by atoms with E-state index in [9.17, 15) is 14.9 Å². The number of para-hydroxylation sites is 1. The summed E-state index contributed by atoms with van der Waals surface area (Å²) in [7, 11) is 0. The molecule has 0 aliphatic heterocycles. The molecule has 0 unspecified atom stereocenters. The Balaban J connectivity index is 1.86. The number of aromatic nitrogens is 1. The second-order valence-corrected chi connectivity index (χ2v) is 8.16. The number of amides is 1. The first-order chi connectivity index (χ1) is 15.3. The SMILES string of the molecule is Cc1ccc(NC(=O)c2c(C)c(-c3ccc(Cl)cc3Cl)nc3ccccc23)cc1[N+](=O)[O-]. The maximum absolute atomic E-state index is 13.4. The quantitative estimate of drug-likeness (QED) is 0.260. The van der Waals surface area contributed by atoms with E-state index >= 15 is 0 Å². The third-order valence-electron chi connectivity index (χ3n) is 5.21. The van der Waals surface area contributed by atoms with E-state index in [4.69, 9.17) is 28.2 Å². The van der Waals surface area contributed by atoms with E-state index in [1.165, 1.54) is 6.07 Å². The van der Waals surface area contributed by atoms with Gasteiger partial charge in [-0.05, 0) is 49.7 Å². The summed E-state index contributed by atoms with van der Waals surface area (Å²) in [6.45, 7) is 3.44. The van der Waals surface area contributed by atoms with Crippen LogP contribution in [-0.2, 0) is 0 Å². The number of nitro benzene ring substituents is 1. The van der Waals surface area contributed by atoms with Crippen LogP contribution in [0.1, 0.15) is 21.5 Å². The molecule has 0 saturated carbocycles. The van der Waals surface area contributed by atoms with Crippen molar-refractivity contribution in [3.8, 4) is 11.3 Å². The number of halogens is 2. The molecule has 1 heterocycles. The number of benzene rings is 3. The average Bonchev–Trinajstić information content (AvgIpc) is 2.74. The Morgan fingerprint density at radius 3 is 2.50 bits per heavy atom. The fourth-order valence-electron chi connectivity index (χ4n) is 3.62. The van der Waals surface area contributed by atoms with Crippen LogP contribution >= 0.6 is 23.2 Å². The maximum atomic E-state index is 13.4. The molecule has 8 heteroatoms. The number of nitro groups is 1. The summed E-state index contributed by atoms with van der Waals surface area (Å²) >= 11 is 12.5. The summed E-state index contributed by atoms with van der Waals surface area (Å²) < 4.78 is 0. The van der Waals surface area contributed by atoms with Gasteiger partial charge in [-0.2, -0.15) is 0 Å². The van der Waals surface area contributed by atoms with E-state index < -0.39 is 10.8 Å². The van der Waals surface area contributed by atoms with Crippen molar-refractivity contribution in [3.05, 3.63) is 97.5 Å². The number of aryl methyl sites for hydroxylation is 1. The molecule has 1 aromatic heterocycles. The maximum Gasteiger partial charge on any atom is 0.274 e. The highest BCUT2D eigenvalue weighted by atomic mass is 35.5. The summed E-state index contributed by atoms with van der Waals surface area (Å²) in [4.78, 5) is 28.9. The zero-order chi connectivity index (χ0) is 23.0. The standard InChI is InChI=1S/C24H17Cl2N3O3/c1-13-7-9-16(12-21(13)29(31)32)27-24(30)22-14(2)23(17-10-8-15(25)11-19(17)26)28-20-6-4-3-5-18(20)22/h3-12H,1-2H3,(H,27,30). The lowest BCUT2D eigenvalue weighted by atomic mass is 9.97. The minimum Gasteiger partial charge on any atom is -0.322 e. The van der Waals surface area contributed by atoms with Gasteiger partial charge in [-0.1, -0.05) is 47.5 Å². The van der Waals surface area contributed by atoms with Gasteiger partial charge in [0.2, 0.25) is 0 Å². The number of fused-ring (bicyclic) bond motifs is 1. The molecular formula is C24H17Cl2N3O3. The van der Waals surface area contributed by atoms with E-state index in [-0.39, 0.29) is 5.69 Å². The van der Waals surface area contributed by atoms with Crippen molar-refractivity contribution in [2.24, 2.45) is 0 Å². The second-order valence-electron chi connectivity index (χ2n) is 7.31. The Hall–Kier alpha value is -3.48. The number of carbonyl (C=O) groups excluding carboxylic acids is 1. The second kappa shape index (κ2) is 8.57. The highest BCUT2D eigenvalue weighted by Crippen LogP contribution is 2.35. The smallest absolute Gasteiger partial charge is 0.274 e. The Morgan fingerprint density at radius 1 is 1.03 bits per heavy atom. The molecule has 1 amide bonds. The van der Waals surface area contributed by atoms with E-state index in [1.807, 2.05) is 24.3 Å². The van der Waals surface area contributed by atoms with E-state index in [1.54, 1.807) is 44.2 Å². The lowest BCUT2D eigenvalue weighted by Crippen LogP contribution is -2.15. The largest absolute Gasteiger partial charge is 0.322 e. The normalized spacial score (nSPS) is 10.9. The fraction of sp³-hybridized carbons (Fsp3) is 0.0833. The number of pyridine rings is 1. The Bertz CT molecular complexity index is 1400. The van der Waals surface area contributed by atoms with Crippen molar-refractivity contribution in [2.45, 2.75) is 13.8 Å². The summed E-state index contributed by atoms with van der Waals surface area (Å²) in [5.74, 6) is -0.398. The number of nitrogens with zero attached hydrogens (tertiary/aromatic N) is 2. The highest BCUT2D eigenvalue weighted by Gasteiger charge is 2.21. The van der Waals surface area contributed by atoms with E-state index in [0.717, 1.165) is 0 Å². The first-order valence-corrected chi connectivity index (χ1v) is 10.4. The van der Waals surface area contributed by atoms with Gasteiger partial charge in [0.05, 0.1) is 26.7 Å². The third-order valence-corrected chi connectivity index (χ3v) is 5.76. The Kier molecular flexibility index (Phi) is 5.82. The number of rotatable bonds is 4. The lowest BCUT2D eigenvalue weighted by Gasteiger charge is -2.16. The van der Waals surface area contributed by atoms with Gasteiger partial charge in [-0.3, -0.25) is 14.9 Å². The molecule has 0 aliphatic rings. The molecule has 1 N–H and O–H groups in total. The zero-order valence-corrected chi connectivity index (χ0v) is 18.7. The first-order valence-electron chi connectivity index (χ1n) is 9.67. The van der Waals surface area contributed by atoms with Crippen LogP contribution < -0.4 is 5.32 Å². The molecule has 0 spiro atoms. The van der Waals surface area contributed by atoms with E-state index in [0.29, 0.717) is 54.6 Å². The topological polar surface area (TPSA) is 85.1 Å². The van der Waals surface area contributed by atoms with Crippen molar-refractivity contribution in [3.63, 3.8) is 0 Å². The van der Waals surface area contributed by atoms with Crippen LogP contribution in [0, 0.1) is 24.0 Å². The van der Waals surface area contributed by atoms with Gasteiger partial charge in [0.15, 0.2) is 0 Å². The van der Waals surface area contributed by atoms with Crippen LogP contribution in [0.25, 0.3) is 22.2 Å². The Morgan fingerprint density at radius 2 is 1.78 bits per heavy atom. The van der Waals surface area contributed by atoms with Crippen molar-refractivity contribution in [1.29, 1.82) is 0 Å². The molecule has 0 saturated heterocycles. The molecule has 0 bridgehead atoms. The van der Waals surface area contributed by atoms with Gasteiger partial charge in [0.1, 0.15) is 0 Å². The van der Waals surface area contributed by atoms with Crippen LogP contribution in [0.2, 0.25) is 10.0 Å². The van der Waals surface area contributed by atoms with Crippen molar-refractivity contribution in [2.75, 3.05) is 5.32 Å². The van der Waals surface area contributed by atoms with Gasteiger partial charge in [-0.25, -0.2) is 4.98 Å².